The number of carbonyl (C=O) groups excluding carboxylic acids is 1. The van der Waals surface area contributed by atoms with E-state index in [1.54, 1.807) is 6.08 Å². The highest BCUT2D eigenvalue weighted by Gasteiger charge is 2.44. The molecule has 0 aliphatic carbocycles. The Morgan fingerprint density at radius 1 is 0.472 bits per heavy atom. The molecule has 1 fully saturated rings. The predicted octanol–water partition coefficient (Wildman–Crippen LogP) is 13.4. The van der Waals surface area contributed by atoms with Crippen LogP contribution in [0.1, 0.15) is 162 Å². The number of rotatable bonds is 43. The van der Waals surface area contributed by atoms with E-state index in [2.05, 4.69) is 177 Å². The van der Waals surface area contributed by atoms with Crippen LogP contribution >= 0.6 is 0 Å². The number of hydrogen-bond acceptors (Lipinski definition) is 8. The maximum absolute atomic E-state index is 13.0. The van der Waals surface area contributed by atoms with Crippen LogP contribution in [0.3, 0.4) is 0 Å². The summed E-state index contributed by atoms with van der Waals surface area (Å²) in [5, 5.41) is 54.1. The van der Waals surface area contributed by atoms with Crippen LogP contribution in [0.4, 0.5) is 0 Å². The number of allylic oxidation sites excluding steroid dienone is 27. The number of carbonyl (C=O) groups is 1. The van der Waals surface area contributed by atoms with Crippen LogP contribution in [-0.4, -0.2) is 87.5 Å². The first kappa shape index (κ1) is 65.6. The number of nitrogens with one attached hydrogen (secondary N) is 1. The Bertz CT molecular complexity index is 1720. The van der Waals surface area contributed by atoms with Crippen molar-refractivity contribution in [3.05, 3.63) is 170 Å². The molecular formula is C63H97NO8. The SMILES string of the molecule is CC/C=C\C/C=C\C/C=C\C/C=C\C/C=C\C/C=C\C/C=C\C/C=C\C/C=C\C/C=C\C/C=C\CCCCCCCC(=O)NC(COC1OC(CO)C(O)C(O)C1O)C(O)/C=C/CC/C=C/CC/C=C/CC. The molecule has 7 atom stereocenters. The largest absolute Gasteiger partial charge is 0.394 e. The van der Waals surface area contributed by atoms with Crippen molar-refractivity contribution >= 4 is 5.91 Å². The van der Waals surface area contributed by atoms with E-state index in [0.29, 0.717) is 19.3 Å². The molecule has 0 aromatic heterocycles. The number of hydrogen-bond donors (Lipinski definition) is 6. The Labute approximate surface area is 437 Å². The molecule has 1 heterocycles. The van der Waals surface area contributed by atoms with Gasteiger partial charge in [0.1, 0.15) is 24.4 Å². The van der Waals surface area contributed by atoms with Crippen LogP contribution in [0.25, 0.3) is 0 Å². The average Bonchev–Trinajstić information content (AvgIpc) is 3.38. The molecule has 402 valence electrons. The summed E-state index contributed by atoms with van der Waals surface area (Å²) in [5.74, 6) is -0.222. The van der Waals surface area contributed by atoms with Gasteiger partial charge in [-0.25, -0.2) is 0 Å². The maximum Gasteiger partial charge on any atom is 0.220 e. The Kier molecular flexibility index (Phi) is 45.6. The molecule has 0 spiro atoms. The van der Waals surface area contributed by atoms with E-state index in [1.165, 1.54) is 0 Å². The number of unbranched alkanes of at least 4 members (excludes halogenated alkanes) is 7. The first-order valence-corrected chi connectivity index (χ1v) is 27.4. The number of aliphatic hydroxyl groups excluding tert-OH is 5. The molecule has 1 saturated heterocycles. The lowest BCUT2D eigenvalue weighted by atomic mass is 9.99. The highest BCUT2D eigenvalue weighted by molar-refractivity contribution is 5.76. The van der Waals surface area contributed by atoms with Gasteiger partial charge in [-0.05, 0) is 122 Å². The third-order valence-corrected chi connectivity index (χ3v) is 11.5. The molecule has 0 aromatic rings. The van der Waals surface area contributed by atoms with Crippen LogP contribution < -0.4 is 5.32 Å². The Balaban J connectivity index is 2.19. The van der Waals surface area contributed by atoms with Crippen molar-refractivity contribution in [3.8, 4) is 0 Å². The number of ether oxygens (including phenoxy) is 2. The smallest absolute Gasteiger partial charge is 0.220 e. The van der Waals surface area contributed by atoms with E-state index < -0.39 is 49.5 Å². The topological polar surface area (TPSA) is 149 Å². The van der Waals surface area contributed by atoms with Gasteiger partial charge in [0.25, 0.3) is 0 Å². The first-order valence-electron chi connectivity index (χ1n) is 27.4. The van der Waals surface area contributed by atoms with E-state index >= 15 is 0 Å². The molecule has 0 radical (unpaired) electrons. The molecule has 1 aliphatic rings. The Morgan fingerprint density at radius 3 is 1.28 bits per heavy atom. The summed E-state index contributed by atoms with van der Waals surface area (Å²) >= 11 is 0. The predicted molar refractivity (Wildman–Crippen MR) is 303 cm³/mol. The van der Waals surface area contributed by atoms with Gasteiger partial charge >= 0.3 is 0 Å². The zero-order valence-corrected chi connectivity index (χ0v) is 44.3. The lowest BCUT2D eigenvalue weighted by molar-refractivity contribution is -0.302. The van der Waals surface area contributed by atoms with Gasteiger partial charge in [0.2, 0.25) is 5.91 Å². The van der Waals surface area contributed by atoms with Crippen LogP contribution in [0.2, 0.25) is 0 Å². The lowest BCUT2D eigenvalue weighted by Crippen LogP contribution is -2.60. The van der Waals surface area contributed by atoms with Crippen molar-refractivity contribution in [1.82, 2.24) is 5.32 Å². The van der Waals surface area contributed by atoms with Gasteiger partial charge in [-0.1, -0.05) is 203 Å². The summed E-state index contributed by atoms with van der Waals surface area (Å²) in [6.07, 6.45) is 74.4. The van der Waals surface area contributed by atoms with Crippen LogP contribution in [0, 0.1) is 0 Å². The Hall–Kier alpha value is -4.45. The fourth-order valence-electron chi connectivity index (χ4n) is 7.26. The minimum atomic E-state index is -1.59. The minimum Gasteiger partial charge on any atom is -0.394 e. The molecule has 7 unspecified atom stereocenters. The monoisotopic (exact) mass is 996 g/mol. The van der Waals surface area contributed by atoms with Crippen molar-refractivity contribution in [2.24, 2.45) is 0 Å². The first-order chi connectivity index (χ1) is 35.3. The molecule has 1 aliphatic heterocycles. The normalized spacial score (nSPS) is 20.6. The summed E-state index contributed by atoms with van der Waals surface area (Å²) in [5.41, 5.74) is 0. The second-order valence-electron chi connectivity index (χ2n) is 17.9. The molecule has 1 rings (SSSR count). The number of amides is 1. The van der Waals surface area contributed by atoms with Gasteiger partial charge < -0.3 is 40.3 Å². The summed E-state index contributed by atoms with van der Waals surface area (Å²) < 4.78 is 11.2. The lowest BCUT2D eigenvalue weighted by Gasteiger charge is -2.40. The molecule has 6 N–H and O–H groups in total. The van der Waals surface area contributed by atoms with Crippen molar-refractivity contribution in [2.45, 2.75) is 204 Å². The third kappa shape index (κ3) is 39.1. The molecule has 1 amide bonds. The van der Waals surface area contributed by atoms with Crippen molar-refractivity contribution in [2.75, 3.05) is 13.2 Å². The van der Waals surface area contributed by atoms with Crippen LogP contribution in [-0.2, 0) is 14.3 Å². The minimum absolute atomic E-state index is 0.222. The van der Waals surface area contributed by atoms with Crippen LogP contribution in [0.5, 0.6) is 0 Å². The molecule has 9 heteroatoms. The number of aliphatic hydroxyl groups is 5. The van der Waals surface area contributed by atoms with Gasteiger partial charge in [0, 0.05) is 6.42 Å². The zero-order valence-electron chi connectivity index (χ0n) is 44.3. The quantitative estimate of drug-likeness (QED) is 0.0261. The van der Waals surface area contributed by atoms with E-state index in [4.69, 9.17) is 9.47 Å². The van der Waals surface area contributed by atoms with Gasteiger partial charge in [-0.2, -0.15) is 0 Å². The molecule has 9 nitrogen and oxygen atoms in total. The molecule has 0 aromatic carbocycles. The second kappa shape index (κ2) is 50.1. The van der Waals surface area contributed by atoms with E-state index in [9.17, 15) is 30.3 Å². The fraction of sp³-hybridized carbons (Fsp3) is 0.540. The van der Waals surface area contributed by atoms with E-state index in [0.717, 1.165) is 128 Å². The molecule has 0 bridgehead atoms. The standard InChI is InChI=1S/C63H97NO8/c1-3-5-7-9-11-13-15-16-17-18-19-20-21-22-23-24-25-26-27-28-29-30-31-32-33-34-35-36-37-38-39-40-41-42-43-45-47-49-51-53-59(67)64-56(55-71-63-62(70)61(69)60(68)58(54-65)72-63)57(66)52-50-48-46-44-14-12-10-8-6-4-2/h5-8,11,13-14,16-17,19-20,22-23,25-26,28-29,31-32,34-35,37-38,40-41,44,50,52,56-58,60-63,65-66,68-70H,3-4,9-10,12,15,18,21,24,27,30,33,36,39,42-43,45-49,51,53-55H2,1-2H3,(H,64,67)/b7-5-,8-6+,13-11-,17-16-,20-19-,23-22-,26-25-,29-28-,32-31-,35-34-,38-37-,41-40-,44-14+,52-50+. The van der Waals surface area contributed by atoms with Crippen molar-refractivity contribution in [3.63, 3.8) is 0 Å². The van der Waals surface area contributed by atoms with Gasteiger partial charge in [0.05, 0.1) is 25.4 Å². The fourth-order valence-corrected chi connectivity index (χ4v) is 7.26. The maximum atomic E-state index is 13.0. The molecule has 72 heavy (non-hydrogen) atoms. The summed E-state index contributed by atoms with van der Waals surface area (Å²) in [6, 6.07) is -0.850. The third-order valence-electron chi connectivity index (χ3n) is 11.5. The van der Waals surface area contributed by atoms with E-state index in [-0.39, 0.29) is 12.5 Å². The summed E-state index contributed by atoms with van der Waals surface area (Å²) in [4.78, 5) is 13.0. The Morgan fingerprint density at radius 2 is 0.833 bits per heavy atom. The van der Waals surface area contributed by atoms with Gasteiger partial charge in [-0.15, -0.1) is 0 Å². The second-order valence-corrected chi connectivity index (χ2v) is 17.9. The van der Waals surface area contributed by atoms with Crippen LogP contribution in [0.15, 0.2) is 170 Å². The summed E-state index contributed by atoms with van der Waals surface area (Å²) in [6.45, 7) is 3.46. The highest BCUT2D eigenvalue weighted by atomic mass is 16.7. The zero-order chi connectivity index (χ0) is 52.2. The van der Waals surface area contributed by atoms with Gasteiger partial charge in [-0.3, -0.25) is 4.79 Å². The summed E-state index contributed by atoms with van der Waals surface area (Å²) in [7, 11) is 0. The van der Waals surface area contributed by atoms with Crippen molar-refractivity contribution < 1.29 is 39.8 Å². The van der Waals surface area contributed by atoms with Crippen molar-refractivity contribution in [1.29, 1.82) is 0 Å². The molecule has 0 saturated carbocycles. The highest BCUT2D eigenvalue weighted by Crippen LogP contribution is 2.22. The van der Waals surface area contributed by atoms with E-state index in [1.807, 2.05) is 6.08 Å². The van der Waals surface area contributed by atoms with Gasteiger partial charge in [0.15, 0.2) is 6.29 Å². The average molecular weight is 996 g/mol. The molecular weight excluding hydrogens is 899 g/mol.